The molecule has 0 spiro atoms. The van der Waals surface area contributed by atoms with Gasteiger partial charge in [0.25, 0.3) is 0 Å². The van der Waals surface area contributed by atoms with Gasteiger partial charge < -0.3 is 4.90 Å². The molecule has 0 aliphatic heterocycles. The zero-order valence-corrected chi connectivity index (χ0v) is 16.8. The number of quaternary nitrogens is 1. The van der Waals surface area contributed by atoms with Crippen LogP contribution in [0.25, 0.3) is 0 Å². The molecule has 2 N–H and O–H groups in total. The lowest BCUT2D eigenvalue weighted by Gasteiger charge is -2.15. The third-order valence-corrected chi connectivity index (χ3v) is 5.92. The standard InChI is InChI=1S/C16H22N6O2S2/c1-10-19-20-15(26-10)17-13(23)9-25-14-11-5-4-6-12(11)22(16(24)18-14)8-7-21(2)3/h4-9H2,1-3H3,(H,17,20,23)/p+1. The molecular weight excluding hydrogens is 372 g/mol. The second kappa shape index (κ2) is 8.28. The summed E-state index contributed by atoms with van der Waals surface area (Å²) in [5, 5.41) is 12.5. The van der Waals surface area contributed by atoms with Gasteiger partial charge in [-0.1, -0.05) is 23.1 Å². The molecule has 2 aromatic heterocycles. The fourth-order valence-corrected chi connectivity index (χ4v) is 4.39. The number of aromatic nitrogens is 4. The fourth-order valence-electron chi connectivity index (χ4n) is 2.91. The molecule has 0 saturated heterocycles. The first kappa shape index (κ1) is 19.0. The minimum atomic E-state index is -0.213. The molecule has 0 radical (unpaired) electrons. The number of hydrogen-bond donors (Lipinski definition) is 2. The molecule has 8 nitrogen and oxygen atoms in total. The molecule has 0 atom stereocenters. The van der Waals surface area contributed by atoms with Crippen LogP contribution in [0.5, 0.6) is 0 Å². The normalized spacial score (nSPS) is 13.2. The third kappa shape index (κ3) is 4.49. The number of nitrogens with zero attached hydrogens (tertiary/aromatic N) is 4. The molecule has 3 rings (SSSR count). The monoisotopic (exact) mass is 395 g/mol. The van der Waals surface area contributed by atoms with Crippen molar-refractivity contribution in [2.75, 3.05) is 31.7 Å². The van der Waals surface area contributed by atoms with Crippen molar-refractivity contribution in [1.29, 1.82) is 0 Å². The Labute approximate surface area is 160 Å². The molecule has 2 heterocycles. The van der Waals surface area contributed by atoms with E-state index < -0.39 is 0 Å². The third-order valence-electron chi connectivity index (χ3n) is 4.15. The number of nitrogens with one attached hydrogen (secondary N) is 2. The van der Waals surface area contributed by atoms with Gasteiger partial charge in [-0.25, -0.2) is 4.79 Å². The van der Waals surface area contributed by atoms with Crippen molar-refractivity contribution in [3.8, 4) is 0 Å². The Bertz CT molecular complexity index is 861. The van der Waals surface area contributed by atoms with Gasteiger partial charge in [-0.2, -0.15) is 4.98 Å². The first-order valence-electron chi connectivity index (χ1n) is 8.58. The zero-order chi connectivity index (χ0) is 18.7. The number of amides is 1. The maximum Gasteiger partial charge on any atom is 0.349 e. The molecule has 26 heavy (non-hydrogen) atoms. The summed E-state index contributed by atoms with van der Waals surface area (Å²) in [7, 11) is 4.14. The molecule has 2 aromatic rings. The highest BCUT2D eigenvalue weighted by molar-refractivity contribution is 8.00. The summed E-state index contributed by atoms with van der Waals surface area (Å²) in [5.41, 5.74) is 2.01. The van der Waals surface area contributed by atoms with E-state index in [-0.39, 0.29) is 17.3 Å². The van der Waals surface area contributed by atoms with Gasteiger partial charge in [0.15, 0.2) is 0 Å². The van der Waals surface area contributed by atoms with E-state index in [1.807, 2.05) is 11.5 Å². The molecular formula is C16H23N6O2S2+. The first-order valence-corrected chi connectivity index (χ1v) is 10.4. The highest BCUT2D eigenvalue weighted by atomic mass is 32.2. The molecule has 0 saturated carbocycles. The summed E-state index contributed by atoms with van der Waals surface area (Å²) >= 11 is 2.66. The van der Waals surface area contributed by atoms with E-state index >= 15 is 0 Å². The van der Waals surface area contributed by atoms with Crippen LogP contribution < -0.4 is 15.9 Å². The largest absolute Gasteiger partial charge is 0.349 e. The number of likely N-dealkylation sites (N-methyl/N-ethyl adjacent to an activating group) is 1. The van der Waals surface area contributed by atoms with E-state index in [4.69, 9.17) is 0 Å². The molecule has 1 aliphatic carbocycles. The Kier molecular flexibility index (Phi) is 6.05. The van der Waals surface area contributed by atoms with Crippen molar-refractivity contribution in [3.05, 3.63) is 26.7 Å². The fraction of sp³-hybridized carbons (Fsp3) is 0.562. The van der Waals surface area contributed by atoms with Crippen molar-refractivity contribution in [2.24, 2.45) is 0 Å². The SMILES string of the molecule is Cc1nnc(NC(=O)CSc2nc(=O)n(CC[NH+](C)C)c3c2CCC3)s1. The van der Waals surface area contributed by atoms with E-state index in [9.17, 15) is 9.59 Å². The van der Waals surface area contributed by atoms with E-state index in [1.165, 1.54) is 28.0 Å². The van der Waals surface area contributed by atoms with Crippen LogP contribution in [-0.4, -0.2) is 52.0 Å². The van der Waals surface area contributed by atoms with Gasteiger partial charge >= 0.3 is 5.69 Å². The predicted molar refractivity (Wildman–Crippen MR) is 102 cm³/mol. The van der Waals surface area contributed by atoms with Crippen molar-refractivity contribution in [1.82, 2.24) is 19.7 Å². The van der Waals surface area contributed by atoms with E-state index in [0.29, 0.717) is 16.7 Å². The van der Waals surface area contributed by atoms with Crippen LogP contribution in [0.2, 0.25) is 0 Å². The number of thioether (sulfide) groups is 1. The summed E-state index contributed by atoms with van der Waals surface area (Å²) in [5.74, 6) is 0.0312. The second-order valence-corrected chi connectivity index (χ2v) is 8.70. The van der Waals surface area contributed by atoms with Crippen LogP contribution in [-0.2, 0) is 24.2 Å². The Morgan fingerprint density at radius 1 is 1.35 bits per heavy atom. The molecule has 0 bridgehead atoms. The summed E-state index contributed by atoms with van der Waals surface area (Å²) in [6.07, 6.45) is 2.84. The Morgan fingerprint density at radius 3 is 2.85 bits per heavy atom. The maximum absolute atomic E-state index is 12.5. The maximum atomic E-state index is 12.5. The minimum Gasteiger partial charge on any atom is -0.338 e. The lowest BCUT2D eigenvalue weighted by molar-refractivity contribution is -0.859. The second-order valence-electron chi connectivity index (χ2n) is 6.55. The molecule has 0 fully saturated rings. The van der Waals surface area contributed by atoms with Crippen molar-refractivity contribution < 1.29 is 9.69 Å². The average Bonchev–Trinajstić information content (AvgIpc) is 3.21. The summed E-state index contributed by atoms with van der Waals surface area (Å²) in [4.78, 5) is 30.1. The van der Waals surface area contributed by atoms with Gasteiger partial charge in [0.05, 0.1) is 32.9 Å². The number of fused-ring (bicyclic) bond motifs is 1. The predicted octanol–water partition coefficient (Wildman–Crippen LogP) is -0.233. The summed E-state index contributed by atoms with van der Waals surface area (Å²) in [6, 6.07) is 0. The number of carbonyl (C=O) groups is 1. The number of rotatable bonds is 7. The molecule has 0 unspecified atom stereocenters. The highest BCUT2D eigenvalue weighted by Gasteiger charge is 2.22. The molecule has 1 amide bonds. The quantitative estimate of drug-likeness (QED) is 0.497. The number of aryl methyl sites for hydroxylation is 1. The molecule has 10 heteroatoms. The Morgan fingerprint density at radius 2 is 2.15 bits per heavy atom. The first-order chi connectivity index (χ1) is 12.4. The summed E-state index contributed by atoms with van der Waals surface area (Å²) in [6.45, 7) is 3.39. The lowest BCUT2D eigenvalue weighted by Crippen LogP contribution is -3.06. The number of hydrogen-bond acceptors (Lipinski definition) is 7. The molecule has 1 aliphatic rings. The topological polar surface area (TPSA) is 94.2 Å². The number of carbonyl (C=O) groups excluding carboxylic acids is 1. The van der Waals surface area contributed by atoms with Gasteiger partial charge in [-0.3, -0.25) is 14.7 Å². The van der Waals surface area contributed by atoms with E-state index in [2.05, 4.69) is 34.6 Å². The van der Waals surface area contributed by atoms with Crippen LogP contribution in [0, 0.1) is 6.92 Å². The van der Waals surface area contributed by atoms with Crippen molar-refractivity contribution in [2.45, 2.75) is 37.8 Å². The summed E-state index contributed by atoms with van der Waals surface area (Å²) < 4.78 is 1.81. The van der Waals surface area contributed by atoms with Crippen LogP contribution >= 0.6 is 23.1 Å². The minimum absolute atomic E-state index is 0.167. The van der Waals surface area contributed by atoms with E-state index in [1.54, 1.807) is 0 Å². The van der Waals surface area contributed by atoms with Crippen LogP contribution in [0.3, 0.4) is 0 Å². The zero-order valence-electron chi connectivity index (χ0n) is 15.2. The van der Waals surface area contributed by atoms with Crippen molar-refractivity contribution in [3.63, 3.8) is 0 Å². The van der Waals surface area contributed by atoms with Crippen LogP contribution in [0.4, 0.5) is 5.13 Å². The molecule has 0 aromatic carbocycles. The van der Waals surface area contributed by atoms with Gasteiger partial charge in [0, 0.05) is 11.3 Å². The van der Waals surface area contributed by atoms with Gasteiger partial charge in [0.2, 0.25) is 11.0 Å². The Balaban J connectivity index is 1.70. The van der Waals surface area contributed by atoms with Gasteiger partial charge in [-0.05, 0) is 26.2 Å². The lowest BCUT2D eigenvalue weighted by atomic mass is 10.2. The van der Waals surface area contributed by atoms with Gasteiger partial charge in [-0.15, -0.1) is 10.2 Å². The van der Waals surface area contributed by atoms with E-state index in [0.717, 1.165) is 42.1 Å². The highest BCUT2D eigenvalue weighted by Crippen LogP contribution is 2.29. The van der Waals surface area contributed by atoms with Crippen LogP contribution in [0.15, 0.2) is 9.82 Å². The van der Waals surface area contributed by atoms with Crippen LogP contribution in [0.1, 0.15) is 22.7 Å². The van der Waals surface area contributed by atoms with Gasteiger partial charge in [0.1, 0.15) is 10.0 Å². The smallest absolute Gasteiger partial charge is 0.338 e. The van der Waals surface area contributed by atoms with Crippen molar-refractivity contribution >= 4 is 34.1 Å². The number of anilines is 1. The Hall–Kier alpha value is -1.78. The average molecular weight is 396 g/mol. The molecule has 140 valence electrons.